The Morgan fingerprint density at radius 1 is 1.45 bits per heavy atom. The van der Waals surface area contributed by atoms with Crippen molar-refractivity contribution >= 4 is 23.5 Å². The van der Waals surface area contributed by atoms with Crippen molar-refractivity contribution in [2.24, 2.45) is 0 Å². The number of halogens is 1. The molecule has 0 radical (unpaired) electrons. The number of amides is 1. The van der Waals surface area contributed by atoms with E-state index in [1.807, 2.05) is 6.07 Å². The molecule has 1 amide bonds. The van der Waals surface area contributed by atoms with Crippen LogP contribution in [0.5, 0.6) is 0 Å². The lowest BCUT2D eigenvalue weighted by Gasteiger charge is -2.32. The average Bonchev–Trinajstić information content (AvgIpc) is 2.41. The van der Waals surface area contributed by atoms with Gasteiger partial charge in [-0.1, -0.05) is 24.4 Å². The Hall–Kier alpha value is -2.07. The maximum absolute atomic E-state index is 10.8. The summed E-state index contributed by atoms with van der Waals surface area (Å²) in [7, 11) is 0. The SMILES string of the molecule is N#Cc1ncc(NC2CCCCC2NC(=O)O)nc1Cl. The van der Waals surface area contributed by atoms with Crippen LogP contribution in [0, 0.1) is 11.3 Å². The maximum Gasteiger partial charge on any atom is 0.404 e. The van der Waals surface area contributed by atoms with Crippen molar-refractivity contribution < 1.29 is 9.90 Å². The second kappa shape index (κ2) is 6.39. The number of nitriles is 1. The van der Waals surface area contributed by atoms with Crippen molar-refractivity contribution in [1.29, 1.82) is 5.26 Å². The zero-order valence-electron chi connectivity index (χ0n) is 10.6. The lowest BCUT2D eigenvalue weighted by molar-refractivity contribution is 0.184. The van der Waals surface area contributed by atoms with Crippen LogP contribution in [0.4, 0.5) is 10.6 Å². The van der Waals surface area contributed by atoms with E-state index in [1.54, 1.807) is 0 Å². The van der Waals surface area contributed by atoms with E-state index in [9.17, 15) is 4.79 Å². The lowest BCUT2D eigenvalue weighted by atomic mass is 9.90. The Labute approximate surface area is 121 Å². The van der Waals surface area contributed by atoms with Crippen LogP contribution in [-0.2, 0) is 0 Å². The molecule has 0 aliphatic heterocycles. The van der Waals surface area contributed by atoms with Crippen molar-refractivity contribution in [2.45, 2.75) is 37.8 Å². The van der Waals surface area contributed by atoms with Crippen LogP contribution in [0.25, 0.3) is 0 Å². The van der Waals surface area contributed by atoms with Crippen LogP contribution in [0.2, 0.25) is 5.15 Å². The third-order valence-corrected chi connectivity index (χ3v) is 3.51. The van der Waals surface area contributed by atoms with Crippen molar-refractivity contribution in [1.82, 2.24) is 15.3 Å². The molecule has 20 heavy (non-hydrogen) atoms. The molecule has 1 aliphatic rings. The van der Waals surface area contributed by atoms with Gasteiger partial charge in [0.1, 0.15) is 11.9 Å². The van der Waals surface area contributed by atoms with E-state index in [4.69, 9.17) is 22.0 Å². The second-order valence-electron chi connectivity index (χ2n) is 4.60. The van der Waals surface area contributed by atoms with Crippen LogP contribution < -0.4 is 10.6 Å². The van der Waals surface area contributed by atoms with Crippen LogP contribution in [-0.4, -0.2) is 33.3 Å². The topological polar surface area (TPSA) is 111 Å². The minimum Gasteiger partial charge on any atom is -0.465 e. The number of anilines is 1. The molecule has 0 spiro atoms. The van der Waals surface area contributed by atoms with E-state index in [1.165, 1.54) is 6.20 Å². The van der Waals surface area contributed by atoms with E-state index in [2.05, 4.69) is 20.6 Å². The van der Waals surface area contributed by atoms with Gasteiger partial charge in [-0.05, 0) is 12.8 Å². The molecule has 1 fully saturated rings. The average molecular weight is 296 g/mol. The molecule has 1 heterocycles. The van der Waals surface area contributed by atoms with Gasteiger partial charge in [-0.15, -0.1) is 0 Å². The smallest absolute Gasteiger partial charge is 0.404 e. The maximum atomic E-state index is 10.8. The highest BCUT2D eigenvalue weighted by Gasteiger charge is 2.26. The van der Waals surface area contributed by atoms with Crippen molar-refractivity contribution in [3.63, 3.8) is 0 Å². The summed E-state index contributed by atoms with van der Waals surface area (Å²) in [5.74, 6) is 0.443. The fraction of sp³-hybridized carbons (Fsp3) is 0.500. The zero-order valence-corrected chi connectivity index (χ0v) is 11.4. The van der Waals surface area contributed by atoms with E-state index in [0.717, 1.165) is 25.7 Å². The van der Waals surface area contributed by atoms with Crippen molar-refractivity contribution in [3.05, 3.63) is 17.0 Å². The third-order valence-electron chi connectivity index (χ3n) is 3.24. The summed E-state index contributed by atoms with van der Waals surface area (Å²) in [5.41, 5.74) is 0.0704. The van der Waals surface area contributed by atoms with Crippen LogP contribution in [0.15, 0.2) is 6.20 Å². The number of hydrogen-bond donors (Lipinski definition) is 3. The summed E-state index contributed by atoms with van der Waals surface area (Å²) >= 11 is 5.82. The number of hydrogen-bond acceptors (Lipinski definition) is 5. The highest BCUT2D eigenvalue weighted by atomic mass is 35.5. The molecule has 2 unspecified atom stereocenters. The zero-order chi connectivity index (χ0) is 14.5. The van der Waals surface area contributed by atoms with Gasteiger partial charge in [0, 0.05) is 6.04 Å². The molecule has 8 heteroatoms. The normalized spacial score (nSPS) is 21.8. The largest absolute Gasteiger partial charge is 0.465 e. The standard InChI is InChI=1S/C12H14ClN5O2/c13-11-9(5-14)15-6-10(18-11)16-7-3-1-2-4-8(7)17-12(19)20/h6-8,17H,1-4H2,(H,16,18)(H,19,20). The molecule has 0 aromatic carbocycles. The van der Waals surface area contributed by atoms with Crippen LogP contribution in [0.3, 0.4) is 0 Å². The molecular weight excluding hydrogens is 282 g/mol. The summed E-state index contributed by atoms with van der Waals surface area (Å²) in [6.07, 6.45) is 4.02. The lowest BCUT2D eigenvalue weighted by Crippen LogP contribution is -2.48. The Kier molecular flexibility index (Phi) is 4.58. The van der Waals surface area contributed by atoms with Gasteiger partial charge in [0.25, 0.3) is 0 Å². The van der Waals surface area contributed by atoms with Gasteiger partial charge >= 0.3 is 6.09 Å². The molecular formula is C12H14ClN5O2. The molecule has 1 saturated carbocycles. The molecule has 2 atom stereocenters. The molecule has 0 bridgehead atoms. The Morgan fingerprint density at radius 2 is 2.15 bits per heavy atom. The predicted molar refractivity (Wildman–Crippen MR) is 72.6 cm³/mol. The van der Waals surface area contributed by atoms with E-state index in [0.29, 0.717) is 5.82 Å². The predicted octanol–water partition coefficient (Wildman–Crippen LogP) is 1.99. The number of nitrogens with one attached hydrogen (secondary N) is 2. The second-order valence-corrected chi connectivity index (χ2v) is 4.96. The first-order valence-electron chi connectivity index (χ1n) is 6.29. The first-order chi connectivity index (χ1) is 9.60. The molecule has 1 aromatic heterocycles. The van der Waals surface area contributed by atoms with Crippen molar-refractivity contribution in [2.75, 3.05) is 5.32 Å². The van der Waals surface area contributed by atoms with Crippen LogP contribution in [0.1, 0.15) is 31.4 Å². The highest BCUT2D eigenvalue weighted by molar-refractivity contribution is 6.30. The summed E-state index contributed by atoms with van der Waals surface area (Å²) < 4.78 is 0. The molecule has 3 N–H and O–H groups in total. The molecule has 0 saturated heterocycles. The van der Waals surface area contributed by atoms with Gasteiger partial charge < -0.3 is 15.7 Å². The van der Waals surface area contributed by atoms with Crippen molar-refractivity contribution in [3.8, 4) is 6.07 Å². The Balaban J connectivity index is 2.08. The monoisotopic (exact) mass is 295 g/mol. The Morgan fingerprint density at radius 3 is 2.75 bits per heavy atom. The first kappa shape index (κ1) is 14.3. The molecule has 2 rings (SSSR count). The number of carboxylic acid groups (broad SMARTS) is 1. The third kappa shape index (κ3) is 3.48. The van der Waals surface area contributed by atoms with E-state index < -0.39 is 6.09 Å². The van der Waals surface area contributed by atoms with Gasteiger partial charge in [0.05, 0.1) is 12.2 Å². The fourth-order valence-electron chi connectivity index (χ4n) is 2.34. The summed E-state index contributed by atoms with van der Waals surface area (Å²) in [5, 5.41) is 23.3. The molecule has 7 nitrogen and oxygen atoms in total. The fourth-order valence-corrected chi connectivity index (χ4v) is 2.52. The minimum absolute atomic E-state index is 0.0380. The van der Waals surface area contributed by atoms with Gasteiger partial charge in [0.2, 0.25) is 0 Å². The number of nitrogens with zero attached hydrogens (tertiary/aromatic N) is 3. The quantitative estimate of drug-likeness (QED) is 0.786. The highest BCUT2D eigenvalue weighted by Crippen LogP contribution is 2.22. The summed E-state index contributed by atoms with van der Waals surface area (Å²) in [6, 6.07) is 1.61. The van der Waals surface area contributed by atoms with Gasteiger partial charge in [-0.2, -0.15) is 5.26 Å². The van der Waals surface area contributed by atoms with E-state index in [-0.39, 0.29) is 22.9 Å². The number of aromatic nitrogens is 2. The van der Waals surface area contributed by atoms with Gasteiger partial charge in [-0.3, -0.25) is 0 Å². The Bertz CT molecular complexity index is 545. The number of rotatable bonds is 3. The molecule has 1 aromatic rings. The molecule has 1 aliphatic carbocycles. The molecule has 106 valence electrons. The number of carbonyl (C=O) groups is 1. The van der Waals surface area contributed by atoms with Crippen LogP contribution >= 0.6 is 11.6 Å². The van der Waals surface area contributed by atoms with Gasteiger partial charge in [-0.25, -0.2) is 14.8 Å². The minimum atomic E-state index is -1.03. The summed E-state index contributed by atoms with van der Waals surface area (Å²) in [4.78, 5) is 18.7. The van der Waals surface area contributed by atoms with Gasteiger partial charge in [0.15, 0.2) is 10.8 Å². The first-order valence-corrected chi connectivity index (χ1v) is 6.66. The van der Waals surface area contributed by atoms with E-state index >= 15 is 0 Å². The summed E-state index contributed by atoms with van der Waals surface area (Å²) in [6.45, 7) is 0.